The number of piperazine rings is 1. The van der Waals surface area contributed by atoms with Crippen molar-refractivity contribution in [3.8, 4) is 0 Å². The number of hydrogen-bond donors (Lipinski definition) is 1. The Bertz CT molecular complexity index is 808. The number of carbonyl (C=O) groups excluding carboxylic acids is 1. The van der Waals surface area contributed by atoms with Gasteiger partial charge in [-0.2, -0.15) is 0 Å². The first-order valence-electron chi connectivity index (χ1n) is 10.2. The van der Waals surface area contributed by atoms with E-state index in [4.69, 9.17) is 0 Å². The smallest absolute Gasteiger partial charge is 0.321 e. The van der Waals surface area contributed by atoms with Crippen LogP contribution < -0.4 is 15.1 Å². The van der Waals surface area contributed by atoms with Crippen molar-refractivity contribution in [2.24, 2.45) is 0 Å². The van der Waals surface area contributed by atoms with Crippen molar-refractivity contribution in [3.63, 3.8) is 0 Å². The Morgan fingerprint density at radius 2 is 1.71 bits per heavy atom. The zero-order valence-corrected chi connectivity index (χ0v) is 17.5. The van der Waals surface area contributed by atoms with Crippen LogP contribution in [0.4, 0.5) is 21.9 Å². The summed E-state index contributed by atoms with van der Waals surface area (Å²) in [6.45, 7) is 13.6. The van der Waals surface area contributed by atoms with E-state index in [-0.39, 0.29) is 6.03 Å². The maximum atomic E-state index is 12.7. The Balaban J connectivity index is 1.59. The molecule has 0 unspecified atom stereocenters. The number of urea groups is 1. The summed E-state index contributed by atoms with van der Waals surface area (Å²) in [5.41, 5.74) is 5.69. The third-order valence-electron chi connectivity index (χ3n) is 5.51. The van der Waals surface area contributed by atoms with E-state index in [9.17, 15) is 4.79 Å². The van der Waals surface area contributed by atoms with Gasteiger partial charge in [-0.25, -0.2) is 4.79 Å². The minimum absolute atomic E-state index is 0.0115. The van der Waals surface area contributed by atoms with Crippen molar-refractivity contribution >= 4 is 23.1 Å². The Morgan fingerprint density at radius 3 is 2.32 bits per heavy atom. The Kier molecular flexibility index (Phi) is 6.45. The number of anilines is 3. The van der Waals surface area contributed by atoms with Crippen molar-refractivity contribution in [3.05, 3.63) is 53.6 Å². The zero-order valence-electron chi connectivity index (χ0n) is 17.5. The van der Waals surface area contributed by atoms with Crippen molar-refractivity contribution in [2.45, 2.75) is 27.7 Å². The first-order chi connectivity index (χ1) is 13.5. The lowest BCUT2D eigenvalue weighted by atomic mass is 10.1. The summed E-state index contributed by atoms with van der Waals surface area (Å²) in [5, 5.41) is 3.10. The molecule has 0 bridgehead atoms. The van der Waals surface area contributed by atoms with Crippen LogP contribution in [0.25, 0.3) is 0 Å². The third-order valence-corrected chi connectivity index (χ3v) is 5.51. The highest BCUT2D eigenvalue weighted by atomic mass is 16.2. The number of nitrogens with one attached hydrogen (secondary N) is 1. The molecule has 0 aromatic heterocycles. The van der Waals surface area contributed by atoms with E-state index < -0.39 is 0 Å². The van der Waals surface area contributed by atoms with Gasteiger partial charge in [-0.15, -0.1) is 0 Å². The van der Waals surface area contributed by atoms with E-state index in [0.29, 0.717) is 0 Å². The molecule has 2 aromatic rings. The Morgan fingerprint density at radius 1 is 1.00 bits per heavy atom. The van der Waals surface area contributed by atoms with Gasteiger partial charge in [-0.3, -0.25) is 0 Å². The molecule has 0 saturated carbocycles. The van der Waals surface area contributed by atoms with Crippen molar-refractivity contribution < 1.29 is 4.79 Å². The lowest BCUT2D eigenvalue weighted by Crippen LogP contribution is -2.50. The number of hydrogen-bond acceptors (Lipinski definition) is 3. The number of benzene rings is 2. The number of amides is 2. The van der Waals surface area contributed by atoms with E-state index in [1.165, 1.54) is 16.9 Å². The monoisotopic (exact) mass is 380 g/mol. The number of rotatable bonds is 5. The molecule has 0 spiro atoms. The molecule has 1 saturated heterocycles. The van der Waals surface area contributed by atoms with Crippen LogP contribution in [0.3, 0.4) is 0 Å². The van der Waals surface area contributed by atoms with Gasteiger partial charge in [0.1, 0.15) is 0 Å². The third kappa shape index (κ3) is 4.58. The first-order valence-corrected chi connectivity index (χ1v) is 10.2. The maximum Gasteiger partial charge on any atom is 0.321 e. The highest BCUT2D eigenvalue weighted by molar-refractivity contribution is 5.90. The minimum atomic E-state index is -0.0115. The van der Waals surface area contributed by atoms with E-state index >= 15 is 0 Å². The molecule has 1 aliphatic rings. The normalized spacial score (nSPS) is 14.1. The predicted molar refractivity (Wildman–Crippen MR) is 119 cm³/mol. The molecular weight excluding hydrogens is 348 g/mol. The molecule has 1 fully saturated rings. The molecule has 0 radical (unpaired) electrons. The van der Waals surface area contributed by atoms with Crippen LogP contribution in [-0.2, 0) is 0 Å². The van der Waals surface area contributed by atoms with E-state index in [1.807, 2.05) is 11.0 Å². The fourth-order valence-electron chi connectivity index (χ4n) is 3.76. The SMILES string of the molecule is CCN(CC)c1ccc(NC(=O)N2CCN(c3cccc(C)c3)CC2)c(C)c1. The molecule has 1 heterocycles. The average Bonchev–Trinajstić information content (AvgIpc) is 2.71. The topological polar surface area (TPSA) is 38.8 Å². The first kappa shape index (κ1) is 20.1. The van der Waals surface area contributed by atoms with Crippen LogP contribution in [0.1, 0.15) is 25.0 Å². The highest BCUT2D eigenvalue weighted by Gasteiger charge is 2.22. The second-order valence-electron chi connectivity index (χ2n) is 7.41. The molecule has 0 atom stereocenters. The molecule has 3 rings (SSSR count). The molecule has 1 aliphatic heterocycles. The molecule has 2 aromatic carbocycles. The van der Waals surface area contributed by atoms with E-state index in [0.717, 1.165) is 50.5 Å². The number of nitrogens with zero attached hydrogens (tertiary/aromatic N) is 3. The van der Waals surface area contributed by atoms with Crippen molar-refractivity contribution in [1.82, 2.24) is 4.90 Å². The summed E-state index contributed by atoms with van der Waals surface area (Å²) in [7, 11) is 0. The minimum Gasteiger partial charge on any atom is -0.372 e. The van der Waals surface area contributed by atoms with Gasteiger partial charge in [0.05, 0.1) is 0 Å². The zero-order chi connectivity index (χ0) is 20.1. The fraction of sp³-hybridized carbons (Fsp3) is 0.435. The summed E-state index contributed by atoms with van der Waals surface area (Å²) < 4.78 is 0. The highest BCUT2D eigenvalue weighted by Crippen LogP contribution is 2.23. The summed E-state index contributed by atoms with van der Waals surface area (Å²) in [6.07, 6.45) is 0. The van der Waals surface area contributed by atoms with Gasteiger partial charge in [0.15, 0.2) is 0 Å². The van der Waals surface area contributed by atoms with Gasteiger partial charge in [0.2, 0.25) is 0 Å². The van der Waals surface area contributed by atoms with Crippen LogP contribution in [-0.4, -0.2) is 50.2 Å². The summed E-state index contributed by atoms with van der Waals surface area (Å²) in [5.74, 6) is 0. The van der Waals surface area contributed by atoms with Crippen LogP contribution in [0.5, 0.6) is 0 Å². The maximum absolute atomic E-state index is 12.7. The second-order valence-corrected chi connectivity index (χ2v) is 7.41. The van der Waals surface area contributed by atoms with Gasteiger partial charge < -0.3 is 20.0 Å². The molecule has 5 nitrogen and oxygen atoms in total. The van der Waals surface area contributed by atoms with Gasteiger partial charge in [-0.1, -0.05) is 12.1 Å². The molecule has 150 valence electrons. The van der Waals surface area contributed by atoms with Crippen LogP contribution in [0.2, 0.25) is 0 Å². The van der Waals surface area contributed by atoms with Gasteiger partial charge in [0, 0.05) is 56.3 Å². The number of carbonyl (C=O) groups is 1. The molecule has 5 heteroatoms. The lowest BCUT2D eigenvalue weighted by molar-refractivity contribution is 0.208. The standard InChI is InChI=1S/C23H32N4O/c1-5-25(6-2)21-10-11-22(19(4)17-21)24-23(28)27-14-12-26(13-15-27)20-9-7-8-18(3)16-20/h7-11,16-17H,5-6,12-15H2,1-4H3,(H,24,28). The van der Waals surface area contributed by atoms with Gasteiger partial charge in [-0.05, 0) is 69.2 Å². The van der Waals surface area contributed by atoms with Gasteiger partial charge in [0.25, 0.3) is 0 Å². The Labute approximate surface area is 168 Å². The van der Waals surface area contributed by atoms with Crippen LogP contribution >= 0.6 is 0 Å². The summed E-state index contributed by atoms with van der Waals surface area (Å²) in [4.78, 5) is 19.3. The Hall–Kier alpha value is -2.69. The molecular formula is C23H32N4O. The molecule has 0 aliphatic carbocycles. The van der Waals surface area contributed by atoms with Crippen molar-refractivity contribution in [1.29, 1.82) is 0 Å². The predicted octanol–water partition coefficient (Wildman–Crippen LogP) is 4.50. The van der Waals surface area contributed by atoms with E-state index in [1.54, 1.807) is 0 Å². The average molecular weight is 381 g/mol. The quantitative estimate of drug-likeness (QED) is 0.830. The van der Waals surface area contributed by atoms with E-state index in [2.05, 4.69) is 79.2 Å². The second kappa shape index (κ2) is 9.00. The summed E-state index contributed by atoms with van der Waals surface area (Å²) >= 11 is 0. The largest absolute Gasteiger partial charge is 0.372 e. The van der Waals surface area contributed by atoms with Gasteiger partial charge >= 0.3 is 6.03 Å². The van der Waals surface area contributed by atoms with Crippen LogP contribution in [0, 0.1) is 13.8 Å². The summed E-state index contributed by atoms with van der Waals surface area (Å²) in [6, 6.07) is 14.8. The molecule has 1 N–H and O–H groups in total. The molecule has 2 amide bonds. The fourth-order valence-corrected chi connectivity index (χ4v) is 3.76. The number of aryl methyl sites for hydroxylation is 2. The molecule has 28 heavy (non-hydrogen) atoms. The van der Waals surface area contributed by atoms with Crippen molar-refractivity contribution in [2.75, 3.05) is 54.4 Å². The lowest BCUT2D eigenvalue weighted by Gasteiger charge is -2.36. The van der Waals surface area contributed by atoms with Crippen LogP contribution in [0.15, 0.2) is 42.5 Å².